The van der Waals surface area contributed by atoms with Crippen molar-refractivity contribution in [2.75, 3.05) is 0 Å². The summed E-state index contributed by atoms with van der Waals surface area (Å²) in [6, 6.07) is 69.2. The van der Waals surface area contributed by atoms with E-state index in [1.54, 1.807) is 0 Å². The Labute approximate surface area is 334 Å². The number of fused-ring (bicyclic) bond motifs is 8. The van der Waals surface area contributed by atoms with E-state index >= 15 is 0 Å². The van der Waals surface area contributed by atoms with E-state index in [2.05, 4.69) is 209 Å². The first-order valence-electron chi connectivity index (χ1n) is 19.8. The summed E-state index contributed by atoms with van der Waals surface area (Å²) < 4.78 is 9.15. The van der Waals surface area contributed by atoms with Crippen LogP contribution in [0.5, 0.6) is 0 Å². The molecule has 0 amide bonds. The monoisotopic (exact) mass is 744 g/mol. The summed E-state index contributed by atoms with van der Waals surface area (Å²) in [5, 5.41) is 17.0. The lowest BCUT2D eigenvalue weighted by Gasteiger charge is -2.32. The highest BCUT2D eigenvalue weighted by molar-refractivity contribution is 6.18. The van der Waals surface area contributed by atoms with Crippen molar-refractivity contribution in [1.29, 1.82) is 0 Å². The van der Waals surface area contributed by atoms with Crippen molar-refractivity contribution < 1.29 is 4.42 Å². The first-order valence-corrected chi connectivity index (χ1v) is 19.8. The second kappa shape index (κ2) is 13.1. The van der Waals surface area contributed by atoms with E-state index in [1.165, 1.54) is 43.4 Å². The Morgan fingerprint density at radius 3 is 1.98 bits per heavy atom. The molecule has 0 fully saturated rings. The zero-order valence-electron chi connectivity index (χ0n) is 31.4. The summed E-state index contributed by atoms with van der Waals surface area (Å²) in [5.41, 5.74) is 10.7. The van der Waals surface area contributed by atoms with E-state index < -0.39 is 0 Å². The van der Waals surface area contributed by atoms with Crippen LogP contribution in [0.3, 0.4) is 0 Å². The second-order valence-electron chi connectivity index (χ2n) is 15.2. The second-order valence-corrected chi connectivity index (χ2v) is 15.2. The lowest BCUT2D eigenvalue weighted by Crippen LogP contribution is -2.44. The van der Waals surface area contributed by atoms with Crippen LogP contribution in [0.2, 0.25) is 0 Å². The van der Waals surface area contributed by atoms with Crippen LogP contribution in [0.1, 0.15) is 29.0 Å². The summed E-state index contributed by atoms with van der Waals surface area (Å²) in [7, 11) is 0. The molecule has 2 N–H and O–H groups in total. The number of nitrogens with one attached hydrogen (secondary N) is 2. The molecule has 0 aliphatic carbocycles. The van der Waals surface area contributed by atoms with Gasteiger partial charge < -0.3 is 14.3 Å². The number of rotatable bonds is 5. The van der Waals surface area contributed by atoms with Crippen LogP contribution >= 0.6 is 0 Å². The summed E-state index contributed by atoms with van der Waals surface area (Å²) in [6.07, 6.45) is -0.450. The van der Waals surface area contributed by atoms with E-state index in [1.807, 2.05) is 0 Å². The number of aliphatic imine (C=N–C) groups is 1. The highest BCUT2D eigenvalue weighted by Gasteiger charge is 2.27. The predicted octanol–water partition coefficient (Wildman–Crippen LogP) is 13.0. The average molecular weight is 745 g/mol. The first-order chi connectivity index (χ1) is 28.7. The molecule has 5 nitrogen and oxygen atoms in total. The molecule has 1 aliphatic heterocycles. The van der Waals surface area contributed by atoms with Gasteiger partial charge in [-0.1, -0.05) is 146 Å². The van der Waals surface area contributed by atoms with Crippen molar-refractivity contribution in [3.05, 3.63) is 211 Å². The molecule has 12 rings (SSSR count). The third kappa shape index (κ3) is 5.25. The maximum Gasteiger partial charge on any atom is 0.137 e. The number of para-hydroxylation sites is 1. The topological polar surface area (TPSA) is 54.5 Å². The summed E-state index contributed by atoms with van der Waals surface area (Å²) in [4.78, 5) is 5.34. The van der Waals surface area contributed by atoms with Crippen molar-refractivity contribution >= 4 is 71.1 Å². The smallest absolute Gasteiger partial charge is 0.137 e. The van der Waals surface area contributed by atoms with Crippen LogP contribution in [0.25, 0.3) is 82.1 Å². The lowest BCUT2D eigenvalue weighted by atomic mass is 9.99. The molecule has 0 bridgehead atoms. The molecule has 1 aliphatic rings. The highest BCUT2D eigenvalue weighted by atomic mass is 16.3. The van der Waals surface area contributed by atoms with Crippen LogP contribution in [0.4, 0.5) is 0 Å². The Kier molecular flexibility index (Phi) is 7.37. The molecular formula is C53H36N4O. The van der Waals surface area contributed by atoms with Crippen LogP contribution < -0.4 is 10.6 Å². The number of benzene rings is 9. The summed E-state index contributed by atoms with van der Waals surface area (Å²) in [5.74, 6) is 0.813. The predicted molar refractivity (Wildman–Crippen MR) is 240 cm³/mol. The third-order valence-electron chi connectivity index (χ3n) is 11.8. The standard InChI is InChI=1S/C53H36N4O/c1-2-14-35(15-3-1)41-19-10-21-45-49(41)42-18-8-9-20-44(42)57(45)46-22-11-23-47-50(46)43-29-28-40(32-48(43)58-47)53-55-51(38-26-24-33-12-4-6-16-36(33)30-38)54-52(56-53)39-27-25-34-13-5-7-17-37(34)31-39/h1-32,51-52,54H,(H,55,56). The molecule has 5 heteroatoms. The first kappa shape index (κ1) is 32.7. The zero-order valence-corrected chi connectivity index (χ0v) is 31.4. The van der Waals surface area contributed by atoms with Crippen LogP contribution in [0.15, 0.2) is 204 Å². The molecule has 2 atom stereocenters. The quantitative estimate of drug-likeness (QED) is 0.184. The molecule has 58 heavy (non-hydrogen) atoms. The number of furan rings is 1. The SMILES string of the molecule is c1ccc(-c2cccc3c2c2ccccc2n3-c2cccc3oc4cc(C5=NC(c6ccc7ccccc7c6)NC(c6ccc7ccccc7c6)N5)ccc4c23)cc1. The molecular weight excluding hydrogens is 709 g/mol. The van der Waals surface area contributed by atoms with E-state index in [-0.39, 0.29) is 12.3 Å². The van der Waals surface area contributed by atoms with Crippen LogP contribution in [0, 0.1) is 0 Å². The molecule has 2 aromatic heterocycles. The Morgan fingerprint density at radius 1 is 0.466 bits per heavy atom. The van der Waals surface area contributed by atoms with Gasteiger partial charge in [-0.25, -0.2) is 4.99 Å². The van der Waals surface area contributed by atoms with Crippen molar-refractivity contribution in [1.82, 2.24) is 15.2 Å². The fourth-order valence-electron chi connectivity index (χ4n) is 9.09. The lowest BCUT2D eigenvalue weighted by molar-refractivity contribution is 0.409. The molecule has 0 spiro atoms. The molecule has 0 saturated heterocycles. The van der Waals surface area contributed by atoms with Crippen molar-refractivity contribution in [3.8, 4) is 16.8 Å². The Morgan fingerprint density at radius 2 is 1.16 bits per heavy atom. The van der Waals surface area contributed by atoms with E-state index in [0.717, 1.165) is 61.2 Å². The van der Waals surface area contributed by atoms with Gasteiger partial charge in [0.15, 0.2) is 0 Å². The van der Waals surface area contributed by atoms with Gasteiger partial charge in [-0.2, -0.15) is 0 Å². The normalized spacial score (nSPS) is 15.8. The van der Waals surface area contributed by atoms with Crippen LogP contribution in [-0.4, -0.2) is 10.4 Å². The van der Waals surface area contributed by atoms with Gasteiger partial charge in [0.2, 0.25) is 0 Å². The van der Waals surface area contributed by atoms with Gasteiger partial charge in [-0.05, 0) is 92.3 Å². The molecule has 2 unspecified atom stereocenters. The minimum Gasteiger partial charge on any atom is -0.456 e. The number of hydrogen-bond donors (Lipinski definition) is 2. The number of amidine groups is 1. The molecule has 0 radical (unpaired) electrons. The highest BCUT2D eigenvalue weighted by Crippen LogP contribution is 2.42. The summed E-state index contributed by atoms with van der Waals surface area (Å²) >= 11 is 0. The minimum absolute atomic E-state index is 0.178. The van der Waals surface area contributed by atoms with Crippen molar-refractivity contribution in [2.24, 2.45) is 4.99 Å². The van der Waals surface area contributed by atoms with Crippen molar-refractivity contribution in [2.45, 2.75) is 12.3 Å². The van der Waals surface area contributed by atoms with Gasteiger partial charge in [-0.15, -0.1) is 0 Å². The van der Waals surface area contributed by atoms with Gasteiger partial charge in [0, 0.05) is 21.7 Å². The summed E-state index contributed by atoms with van der Waals surface area (Å²) in [6.45, 7) is 0. The number of hydrogen-bond acceptors (Lipinski definition) is 4. The Balaban J connectivity index is 1.01. The molecule has 274 valence electrons. The van der Waals surface area contributed by atoms with Crippen LogP contribution in [-0.2, 0) is 0 Å². The molecule has 11 aromatic rings. The molecule has 0 saturated carbocycles. The Bertz CT molecular complexity index is 3430. The Hall–Kier alpha value is -7.47. The molecule has 9 aromatic carbocycles. The van der Waals surface area contributed by atoms with E-state index in [9.17, 15) is 0 Å². The maximum atomic E-state index is 6.75. The fraction of sp³-hybridized carbons (Fsp3) is 0.0377. The number of nitrogens with zero attached hydrogens (tertiary/aromatic N) is 2. The van der Waals surface area contributed by atoms with Crippen molar-refractivity contribution in [3.63, 3.8) is 0 Å². The fourth-order valence-corrected chi connectivity index (χ4v) is 9.09. The van der Waals surface area contributed by atoms with E-state index in [4.69, 9.17) is 9.41 Å². The van der Waals surface area contributed by atoms with E-state index in [0.29, 0.717) is 0 Å². The number of aromatic nitrogens is 1. The van der Waals surface area contributed by atoms with Gasteiger partial charge in [-0.3, -0.25) is 5.32 Å². The average Bonchev–Trinajstić information content (AvgIpc) is 3.84. The van der Waals surface area contributed by atoms with Gasteiger partial charge in [0.1, 0.15) is 29.3 Å². The maximum absolute atomic E-state index is 6.75. The molecule has 3 heterocycles. The minimum atomic E-state index is -0.272. The van der Waals surface area contributed by atoms with Gasteiger partial charge >= 0.3 is 0 Å². The zero-order chi connectivity index (χ0) is 38.2. The van der Waals surface area contributed by atoms with Gasteiger partial charge in [0.25, 0.3) is 0 Å². The largest absolute Gasteiger partial charge is 0.456 e. The van der Waals surface area contributed by atoms with Gasteiger partial charge in [0.05, 0.1) is 22.1 Å². The third-order valence-corrected chi connectivity index (χ3v) is 11.8.